The number of aliphatic hydroxyl groups excluding tert-OH is 1. The number of rotatable bonds is 2. The first-order valence-corrected chi connectivity index (χ1v) is 19.0. The molecule has 3 aromatic carbocycles. The minimum atomic E-state index is -1.28. The zero-order chi connectivity index (χ0) is 37.2. The fourth-order valence-electron chi connectivity index (χ4n) is 9.96. The highest BCUT2D eigenvalue weighted by Crippen LogP contribution is 2.64. The molecule has 10 rings (SSSR count). The predicted molar refractivity (Wildman–Crippen MR) is 193 cm³/mol. The number of hydrogen-bond acceptors (Lipinski definition) is 14. The summed E-state index contributed by atoms with van der Waals surface area (Å²) in [5.41, 5.74) is 5.34. The molecule has 2 saturated heterocycles. The number of likely N-dealkylation sites (N-methyl/N-ethyl adjacent to an activating group) is 1. The van der Waals surface area contributed by atoms with Crippen LogP contribution in [0.1, 0.15) is 74.3 Å². The van der Waals surface area contributed by atoms with Gasteiger partial charge in [-0.25, -0.2) is 4.79 Å². The number of fused-ring (bicyclic) bond motifs is 9. The van der Waals surface area contributed by atoms with Crippen molar-refractivity contribution in [3.05, 3.63) is 68.3 Å². The van der Waals surface area contributed by atoms with Crippen LogP contribution < -0.4 is 24.3 Å². The van der Waals surface area contributed by atoms with Crippen LogP contribution in [-0.2, 0) is 32.7 Å². The van der Waals surface area contributed by atoms with E-state index in [1.54, 1.807) is 13.2 Å². The van der Waals surface area contributed by atoms with Crippen LogP contribution in [0.2, 0.25) is 0 Å². The normalized spacial score (nSPS) is 29.8. The monoisotopic (exact) mass is 745 g/mol. The number of nitrogens with one attached hydrogen (secondary N) is 1. The van der Waals surface area contributed by atoms with E-state index in [0.29, 0.717) is 70.2 Å². The maximum absolute atomic E-state index is 14.6. The Bertz CT molecular complexity index is 2110. The van der Waals surface area contributed by atoms with Gasteiger partial charge in [-0.15, -0.1) is 11.8 Å². The van der Waals surface area contributed by atoms with E-state index in [0.717, 1.165) is 22.3 Å². The number of methoxy groups -OCH3 is 1. The molecule has 13 nitrogen and oxygen atoms in total. The lowest BCUT2D eigenvalue weighted by Gasteiger charge is -2.62. The van der Waals surface area contributed by atoms with Crippen LogP contribution in [-0.4, -0.2) is 95.2 Å². The molecule has 2 fully saturated rings. The molecule has 0 amide bonds. The zero-order valence-electron chi connectivity index (χ0n) is 30.4. The summed E-state index contributed by atoms with van der Waals surface area (Å²) >= 11 is 1.50. The largest absolute Gasteiger partial charge is 0.508 e. The molecular weight excluding hydrogens is 703 g/mol. The molecule has 0 aliphatic carbocycles. The van der Waals surface area contributed by atoms with Gasteiger partial charge in [-0.05, 0) is 80.6 Å². The number of esters is 2. The number of hydrogen-bond donors (Lipinski definition) is 4. The van der Waals surface area contributed by atoms with Gasteiger partial charge < -0.3 is 39.0 Å². The van der Waals surface area contributed by atoms with Gasteiger partial charge in [0.2, 0.25) is 6.79 Å². The zero-order valence-corrected chi connectivity index (χ0v) is 31.3. The molecule has 0 saturated carbocycles. The lowest BCUT2D eigenvalue weighted by molar-refractivity contribution is -0.186. The van der Waals surface area contributed by atoms with Crippen molar-refractivity contribution in [3.8, 4) is 34.5 Å². The number of aromatic hydroxyl groups is 2. The molecular formula is C39H43N3O10S. The Morgan fingerprint density at radius 2 is 1.79 bits per heavy atom. The number of nitrogens with zero attached hydrogens (tertiary/aromatic N) is 2. The fourth-order valence-corrected chi connectivity index (χ4v) is 11.7. The average molecular weight is 746 g/mol. The van der Waals surface area contributed by atoms with Crippen molar-refractivity contribution in [3.63, 3.8) is 0 Å². The van der Waals surface area contributed by atoms with Crippen molar-refractivity contribution in [2.45, 2.75) is 81.7 Å². The summed E-state index contributed by atoms with van der Waals surface area (Å²) in [6.45, 7) is 7.17. The lowest BCUT2D eigenvalue weighted by Crippen LogP contribution is -2.70. The van der Waals surface area contributed by atoms with Crippen molar-refractivity contribution in [1.29, 1.82) is 0 Å². The summed E-state index contributed by atoms with van der Waals surface area (Å²) in [5, 5.41) is 38.2. The average Bonchev–Trinajstić information content (AvgIpc) is 3.61. The van der Waals surface area contributed by atoms with Gasteiger partial charge in [-0.1, -0.05) is 6.07 Å². The summed E-state index contributed by atoms with van der Waals surface area (Å²) in [6, 6.07) is 3.49. The van der Waals surface area contributed by atoms with Crippen LogP contribution in [0, 0.1) is 20.8 Å². The number of aryl methyl sites for hydroxylation is 2. The molecule has 1 unspecified atom stereocenters. The molecule has 7 aliphatic rings. The summed E-state index contributed by atoms with van der Waals surface area (Å²) in [4.78, 5) is 31.7. The fraction of sp³-hybridized carbons (Fsp3) is 0.487. The Kier molecular flexibility index (Phi) is 7.92. The van der Waals surface area contributed by atoms with Gasteiger partial charge in [0.1, 0.15) is 24.3 Å². The number of aliphatic hydroxyl groups is 1. The molecule has 280 valence electrons. The molecule has 4 N–H and O–H groups in total. The third kappa shape index (κ3) is 4.71. The molecule has 7 atom stereocenters. The van der Waals surface area contributed by atoms with E-state index in [4.69, 9.17) is 23.7 Å². The molecule has 3 aromatic rings. The van der Waals surface area contributed by atoms with Gasteiger partial charge in [0.25, 0.3) is 0 Å². The SMILES string of the molecule is COc1c(C)cc2c(c1O)[C@@H]1C3[C@@H]4SC[C@]5(NCCc6cc(O)c(C)cc65)C(=O)OC[C@@H](c5c6c(c(C)c(OC(C)=O)c54)OCO6)N3[C@@H](O)[C@H](C2)N1C. The van der Waals surface area contributed by atoms with Crippen LogP contribution in [0.15, 0.2) is 18.2 Å². The summed E-state index contributed by atoms with van der Waals surface area (Å²) in [5.74, 6) is 1.09. The number of phenolic OH excluding ortho intramolecular Hbond substituents is 2. The maximum Gasteiger partial charge on any atom is 0.331 e. The Hall–Kier alpha value is -4.21. The smallest absolute Gasteiger partial charge is 0.331 e. The maximum atomic E-state index is 14.6. The minimum Gasteiger partial charge on any atom is -0.508 e. The first-order valence-electron chi connectivity index (χ1n) is 18.0. The summed E-state index contributed by atoms with van der Waals surface area (Å²) in [7, 11) is 3.51. The van der Waals surface area contributed by atoms with Crippen molar-refractivity contribution < 1.29 is 48.6 Å². The molecule has 0 aromatic heterocycles. The van der Waals surface area contributed by atoms with Gasteiger partial charge in [0, 0.05) is 47.5 Å². The molecule has 0 radical (unpaired) electrons. The molecule has 14 heteroatoms. The van der Waals surface area contributed by atoms with E-state index in [9.17, 15) is 24.9 Å². The molecule has 4 bridgehead atoms. The van der Waals surface area contributed by atoms with Gasteiger partial charge in [0.15, 0.2) is 28.5 Å². The number of piperazine rings is 1. The van der Waals surface area contributed by atoms with Gasteiger partial charge in [0.05, 0.1) is 30.5 Å². The van der Waals surface area contributed by atoms with Crippen LogP contribution in [0.25, 0.3) is 0 Å². The van der Waals surface area contributed by atoms with Crippen molar-refractivity contribution in [1.82, 2.24) is 15.1 Å². The van der Waals surface area contributed by atoms with E-state index in [1.807, 2.05) is 44.9 Å². The second-order valence-electron chi connectivity index (χ2n) is 15.0. The van der Waals surface area contributed by atoms with Crippen LogP contribution in [0.3, 0.4) is 0 Å². The number of carbonyl (C=O) groups excluding carboxylic acids is 2. The third-order valence-corrected chi connectivity index (χ3v) is 13.8. The minimum absolute atomic E-state index is 0.0488. The number of carbonyl (C=O) groups is 2. The van der Waals surface area contributed by atoms with Crippen molar-refractivity contribution >= 4 is 23.7 Å². The molecule has 7 aliphatic heterocycles. The quantitative estimate of drug-likeness (QED) is 0.222. The first kappa shape index (κ1) is 34.6. The van der Waals surface area contributed by atoms with Crippen molar-refractivity contribution in [2.75, 3.05) is 39.9 Å². The van der Waals surface area contributed by atoms with Crippen LogP contribution >= 0.6 is 11.8 Å². The highest BCUT2D eigenvalue weighted by molar-refractivity contribution is 7.99. The van der Waals surface area contributed by atoms with E-state index < -0.39 is 47.1 Å². The highest BCUT2D eigenvalue weighted by Gasteiger charge is 2.61. The first-order chi connectivity index (χ1) is 25.4. The second-order valence-corrected chi connectivity index (χ2v) is 16.2. The van der Waals surface area contributed by atoms with Gasteiger partial charge >= 0.3 is 11.9 Å². The summed E-state index contributed by atoms with van der Waals surface area (Å²) < 4.78 is 30.4. The van der Waals surface area contributed by atoms with E-state index in [-0.39, 0.29) is 36.7 Å². The number of ether oxygens (including phenoxy) is 5. The predicted octanol–water partition coefficient (Wildman–Crippen LogP) is 3.71. The van der Waals surface area contributed by atoms with Gasteiger partial charge in [-0.2, -0.15) is 0 Å². The summed E-state index contributed by atoms with van der Waals surface area (Å²) in [6.07, 6.45) is 0.0521. The highest BCUT2D eigenvalue weighted by atomic mass is 32.2. The standard InChI is InChI=1S/C39H43N3O10S/c1-16-10-22-20(12-25(16)44)7-8-40-39(22)14-53-36-28-27(35-34(50-15-51-35)18(3)33(28)52-19(4)43)24(13-49-38(39)47)42-30(36)29-26-21(11-23(37(42)46)41(29)5)9-17(2)32(48-6)31(26)45/h9-10,12,23-24,29-30,36-37,40,44-46H,7-8,11,13-15H2,1-6H3/t23-,24-,29+,30?,36+,37-,39+/m0/s1. The van der Waals surface area contributed by atoms with E-state index in [2.05, 4.69) is 10.2 Å². The Morgan fingerprint density at radius 1 is 1.02 bits per heavy atom. The lowest BCUT2D eigenvalue weighted by atomic mass is 9.73. The Labute approximate surface area is 311 Å². The number of thioether (sulfide) groups is 1. The topological polar surface area (TPSA) is 159 Å². The second kappa shape index (κ2) is 12.2. The molecule has 1 spiro atoms. The van der Waals surface area contributed by atoms with Crippen LogP contribution in [0.4, 0.5) is 0 Å². The van der Waals surface area contributed by atoms with E-state index in [1.165, 1.54) is 18.7 Å². The molecule has 7 heterocycles. The number of benzene rings is 3. The Morgan fingerprint density at radius 3 is 2.55 bits per heavy atom. The molecule has 53 heavy (non-hydrogen) atoms. The van der Waals surface area contributed by atoms with Crippen LogP contribution in [0.5, 0.6) is 34.5 Å². The number of phenols is 2. The third-order valence-electron chi connectivity index (χ3n) is 12.3. The van der Waals surface area contributed by atoms with Crippen molar-refractivity contribution in [2.24, 2.45) is 0 Å². The van der Waals surface area contributed by atoms with Gasteiger partial charge in [-0.3, -0.25) is 19.9 Å². The van der Waals surface area contributed by atoms with E-state index >= 15 is 0 Å². The Balaban J connectivity index is 1.32.